The zero-order valence-electron chi connectivity index (χ0n) is 10.3. The quantitative estimate of drug-likeness (QED) is 0.746. The Balaban J connectivity index is 1.71. The predicted octanol–water partition coefficient (Wildman–Crippen LogP) is 1.57. The summed E-state index contributed by atoms with van der Waals surface area (Å²) in [6, 6.07) is 0.273. The molecule has 0 aromatic rings. The molecule has 98 valence electrons. The van der Waals surface area contributed by atoms with Crippen LogP contribution in [0.4, 0.5) is 0 Å². The van der Waals surface area contributed by atoms with Crippen molar-refractivity contribution in [2.45, 2.75) is 38.1 Å². The van der Waals surface area contributed by atoms with Gasteiger partial charge in [-0.3, -0.25) is 9.59 Å². The minimum absolute atomic E-state index is 0.0360. The van der Waals surface area contributed by atoms with Crippen LogP contribution >= 0.6 is 0 Å². The van der Waals surface area contributed by atoms with E-state index >= 15 is 0 Å². The number of rotatable bonds is 3. The Hall–Kier alpha value is -1.32. The fourth-order valence-electron chi connectivity index (χ4n) is 3.88. The summed E-state index contributed by atoms with van der Waals surface area (Å²) in [5.41, 5.74) is 0. The molecule has 2 bridgehead atoms. The Bertz CT molecular complexity index is 398. The molecule has 0 unspecified atom stereocenters. The molecule has 0 radical (unpaired) electrons. The van der Waals surface area contributed by atoms with Crippen LogP contribution < -0.4 is 5.32 Å². The number of allylic oxidation sites excluding steroid dienone is 2. The second-order valence-electron chi connectivity index (χ2n) is 5.83. The number of aliphatic carboxylic acids is 1. The fraction of sp³-hybridized carbons (Fsp3) is 0.714. The number of amides is 1. The van der Waals surface area contributed by atoms with Crippen LogP contribution in [-0.4, -0.2) is 23.0 Å². The Morgan fingerprint density at radius 2 is 1.67 bits per heavy atom. The maximum atomic E-state index is 12.3. The topological polar surface area (TPSA) is 66.4 Å². The van der Waals surface area contributed by atoms with E-state index in [1.807, 2.05) is 12.2 Å². The molecule has 0 aromatic heterocycles. The van der Waals surface area contributed by atoms with Crippen molar-refractivity contribution in [2.75, 3.05) is 0 Å². The maximum Gasteiger partial charge on any atom is 0.307 e. The summed E-state index contributed by atoms with van der Waals surface area (Å²) in [7, 11) is 0. The molecular formula is C14H19NO3. The Kier molecular flexibility index (Phi) is 2.88. The van der Waals surface area contributed by atoms with E-state index in [1.165, 1.54) is 12.8 Å². The van der Waals surface area contributed by atoms with Crippen LogP contribution in [0.25, 0.3) is 0 Å². The molecular weight excluding hydrogens is 230 g/mol. The lowest BCUT2D eigenvalue weighted by atomic mass is 9.82. The molecule has 3 rings (SSSR count). The molecule has 0 saturated heterocycles. The molecule has 3 aliphatic rings. The minimum Gasteiger partial charge on any atom is -0.481 e. The van der Waals surface area contributed by atoms with Gasteiger partial charge in [-0.1, -0.05) is 25.0 Å². The summed E-state index contributed by atoms with van der Waals surface area (Å²) in [6.45, 7) is 0. The number of carboxylic acids is 1. The van der Waals surface area contributed by atoms with Crippen molar-refractivity contribution in [1.29, 1.82) is 0 Å². The second-order valence-corrected chi connectivity index (χ2v) is 5.83. The highest BCUT2D eigenvalue weighted by Gasteiger charge is 2.51. The summed E-state index contributed by atoms with van der Waals surface area (Å²) in [6.07, 6.45) is 9.26. The molecule has 4 nitrogen and oxygen atoms in total. The van der Waals surface area contributed by atoms with E-state index < -0.39 is 11.9 Å². The van der Waals surface area contributed by atoms with Gasteiger partial charge in [0, 0.05) is 6.04 Å². The number of hydrogen-bond acceptors (Lipinski definition) is 2. The van der Waals surface area contributed by atoms with Crippen molar-refractivity contribution in [3.8, 4) is 0 Å². The molecule has 2 fully saturated rings. The van der Waals surface area contributed by atoms with Crippen LogP contribution in [0.3, 0.4) is 0 Å². The number of fused-ring (bicyclic) bond motifs is 2. The third-order valence-corrected chi connectivity index (χ3v) is 4.75. The van der Waals surface area contributed by atoms with E-state index in [2.05, 4.69) is 5.32 Å². The van der Waals surface area contributed by atoms with Gasteiger partial charge in [-0.25, -0.2) is 0 Å². The summed E-state index contributed by atoms with van der Waals surface area (Å²) in [5.74, 6) is -1.52. The average molecular weight is 249 g/mol. The Labute approximate surface area is 106 Å². The number of hydrogen-bond donors (Lipinski definition) is 2. The highest BCUT2D eigenvalue weighted by Crippen LogP contribution is 2.48. The van der Waals surface area contributed by atoms with Gasteiger partial charge in [0.2, 0.25) is 5.91 Å². The molecule has 0 heterocycles. The smallest absolute Gasteiger partial charge is 0.307 e. The molecule has 2 N–H and O–H groups in total. The zero-order chi connectivity index (χ0) is 12.7. The molecule has 3 aliphatic carbocycles. The van der Waals surface area contributed by atoms with E-state index in [4.69, 9.17) is 0 Å². The van der Waals surface area contributed by atoms with Gasteiger partial charge in [0.05, 0.1) is 11.8 Å². The van der Waals surface area contributed by atoms with Crippen LogP contribution in [0.1, 0.15) is 32.1 Å². The Morgan fingerprint density at radius 3 is 2.28 bits per heavy atom. The normalized spacial score (nSPS) is 38.2. The highest BCUT2D eigenvalue weighted by atomic mass is 16.4. The van der Waals surface area contributed by atoms with Gasteiger partial charge in [0.15, 0.2) is 0 Å². The van der Waals surface area contributed by atoms with E-state index in [0.717, 1.165) is 19.3 Å². The summed E-state index contributed by atoms with van der Waals surface area (Å²) < 4.78 is 0. The number of nitrogens with one attached hydrogen (secondary N) is 1. The first-order valence-corrected chi connectivity index (χ1v) is 6.88. The summed E-state index contributed by atoms with van der Waals surface area (Å²) in [5, 5.41) is 12.4. The van der Waals surface area contributed by atoms with E-state index in [-0.39, 0.29) is 29.7 Å². The van der Waals surface area contributed by atoms with E-state index in [1.54, 1.807) is 0 Å². The average Bonchev–Trinajstić information content (AvgIpc) is 3.03. The van der Waals surface area contributed by atoms with Gasteiger partial charge >= 0.3 is 5.97 Å². The van der Waals surface area contributed by atoms with Gasteiger partial charge in [-0.2, -0.15) is 0 Å². The van der Waals surface area contributed by atoms with Gasteiger partial charge in [-0.15, -0.1) is 0 Å². The lowest BCUT2D eigenvalue weighted by Crippen LogP contribution is -2.43. The standard InChI is InChI=1S/C14H19NO3/c16-13(15-10-3-1-2-4-10)11-8-5-6-9(7-8)12(11)14(17)18/h5-6,8-12H,1-4,7H2,(H,15,16)(H,17,18)/t8-,9+,11-,12-/m0/s1. The van der Waals surface area contributed by atoms with Crippen molar-refractivity contribution in [1.82, 2.24) is 5.32 Å². The SMILES string of the molecule is O=C(O)[C@@H]1[C@@H](C(=O)NC2CCCC2)[C@H]2C=C[C@@H]1C2. The van der Waals surface area contributed by atoms with Crippen LogP contribution in [0.15, 0.2) is 12.2 Å². The van der Waals surface area contributed by atoms with Crippen LogP contribution in [0.5, 0.6) is 0 Å². The first kappa shape index (κ1) is 11.8. The molecule has 0 aliphatic heterocycles. The van der Waals surface area contributed by atoms with Crippen molar-refractivity contribution < 1.29 is 14.7 Å². The first-order valence-electron chi connectivity index (χ1n) is 6.88. The molecule has 0 spiro atoms. The van der Waals surface area contributed by atoms with E-state index in [0.29, 0.717) is 0 Å². The number of carbonyl (C=O) groups is 2. The van der Waals surface area contributed by atoms with E-state index in [9.17, 15) is 14.7 Å². The highest BCUT2D eigenvalue weighted by molar-refractivity contribution is 5.87. The lowest BCUT2D eigenvalue weighted by molar-refractivity contribution is -0.148. The van der Waals surface area contributed by atoms with Gasteiger partial charge < -0.3 is 10.4 Å². The molecule has 1 amide bonds. The molecule has 18 heavy (non-hydrogen) atoms. The minimum atomic E-state index is -0.821. The van der Waals surface area contributed by atoms with Crippen LogP contribution in [-0.2, 0) is 9.59 Å². The van der Waals surface area contributed by atoms with Gasteiger partial charge in [0.1, 0.15) is 0 Å². The number of carboxylic acid groups (broad SMARTS) is 1. The summed E-state index contributed by atoms with van der Waals surface area (Å²) >= 11 is 0. The second kappa shape index (κ2) is 4.41. The van der Waals surface area contributed by atoms with Crippen LogP contribution in [0.2, 0.25) is 0 Å². The molecule has 0 aromatic carbocycles. The van der Waals surface area contributed by atoms with Crippen LogP contribution in [0, 0.1) is 23.7 Å². The molecule has 4 atom stereocenters. The first-order chi connectivity index (χ1) is 8.66. The monoisotopic (exact) mass is 249 g/mol. The lowest BCUT2D eigenvalue weighted by Gasteiger charge is -2.25. The number of carbonyl (C=O) groups excluding carboxylic acids is 1. The van der Waals surface area contributed by atoms with Crippen molar-refractivity contribution in [3.05, 3.63) is 12.2 Å². The fourth-order valence-corrected chi connectivity index (χ4v) is 3.88. The maximum absolute atomic E-state index is 12.3. The molecule has 2 saturated carbocycles. The van der Waals surface area contributed by atoms with Gasteiger partial charge in [0.25, 0.3) is 0 Å². The third kappa shape index (κ3) is 1.84. The third-order valence-electron chi connectivity index (χ3n) is 4.75. The van der Waals surface area contributed by atoms with Crippen molar-refractivity contribution in [2.24, 2.45) is 23.7 Å². The van der Waals surface area contributed by atoms with Crippen molar-refractivity contribution in [3.63, 3.8) is 0 Å². The van der Waals surface area contributed by atoms with Crippen molar-refractivity contribution >= 4 is 11.9 Å². The zero-order valence-corrected chi connectivity index (χ0v) is 10.3. The Morgan fingerprint density at radius 1 is 1.06 bits per heavy atom. The summed E-state index contributed by atoms with van der Waals surface area (Å²) in [4.78, 5) is 23.6. The largest absolute Gasteiger partial charge is 0.481 e. The van der Waals surface area contributed by atoms with Gasteiger partial charge in [-0.05, 0) is 31.1 Å². The predicted molar refractivity (Wildman–Crippen MR) is 65.8 cm³/mol. The molecule has 4 heteroatoms.